The fourth-order valence-electron chi connectivity index (χ4n) is 11.6. The van der Waals surface area contributed by atoms with E-state index in [1.54, 1.807) is 0 Å². The molecular formula is C57H50N3OP. The van der Waals surface area contributed by atoms with Crippen LogP contribution in [0.25, 0.3) is 67.5 Å². The van der Waals surface area contributed by atoms with Crippen LogP contribution in [0.2, 0.25) is 0 Å². The topological polar surface area (TPSA) is 55.7 Å². The number of nitrogens with zero attached hydrogens (tertiary/aromatic N) is 3. The Labute approximate surface area is 365 Å². The Balaban J connectivity index is 0.984. The van der Waals surface area contributed by atoms with Crippen molar-refractivity contribution in [1.82, 2.24) is 15.0 Å². The molecule has 0 atom stereocenters. The Kier molecular flexibility index (Phi) is 9.73. The zero-order valence-corrected chi connectivity index (χ0v) is 36.3. The molecule has 4 fully saturated rings. The number of aromatic nitrogens is 3. The van der Waals surface area contributed by atoms with E-state index in [1.807, 2.05) is 37.6 Å². The van der Waals surface area contributed by atoms with Gasteiger partial charge >= 0.3 is 0 Å². The standard InChI is InChI=1S/C57H50N3OP/c1-62(2,61)53-30-24-44(25-31-53)43-20-26-49(27-21-43)57(51-33-38-32-39(35-51)36-52(57)34-38)50-28-22-46(23-29-50)55-58-54(45-18-16-42(17-19-45)40-10-5-3-6-11-40)59-56(60-55)48-15-9-14-47(37-48)41-12-7-4-8-13-41/h3-31,37-39,51-52H,32-36H2,1-2H3. The van der Waals surface area contributed by atoms with Crippen molar-refractivity contribution in [2.75, 3.05) is 13.3 Å². The molecule has 12 rings (SSSR count). The molecule has 0 amide bonds. The summed E-state index contributed by atoms with van der Waals surface area (Å²) in [5.74, 6) is 4.91. The van der Waals surface area contributed by atoms with E-state index in [0.29, 0.717) is 29.3 Å². The molecule has 5 heteroatoms. The Morgan fingerprint density at radius 1 is 0.387 bits per heavy atom. The second kappa shape index (κ2) is 15.6. The van der Waals surface area contributed by atoms with Crippen LogP contribution in [0.3, 0.4) is 0 Å². The Bertz CT molecular complexity index is 2890. The molecule has 0 N–H and O–H groups in total. The average Bonchev–Trinajstić information content (AvgIpc) is 3.32. The third kappa shape index (κ3) is 7.05. The lowest BCUT2D eigenvalue weighted by atomic mass is 9.42. The minimum Gasteiger partial charge on any atom is -0.319 e. The van der Waals surface area contributed by atoms with E-state index in [4.69, 9.17) is 15.0 Å². The lowest BCUT2D eigenvalue weighted by Crippen LogP contribution is -2.56. The summed E-state index contributed by atoms with van der Waals surface area (Å²) >= 11 is 0. The highest BCUT2D eigenvalue weighted by Crippen LogP contribution is 2.65. The molecule has 4 bridgehead atoms. The molecule has 1 aromatic heterocycles. The summed E-state index contributed by atoms with van der Waals surface area (Å²) in [6, 6.07) is 65.1. The number of rotatable bonds is 9. The van der Waals surface area contributed by atoms with Crippen molar-refractivity contribution < 1.29 is 4.57 Å². The molecule has 4 aliphatic rings. The van der Waals surface area contributed by atoms with Crippen LogP contribution in [0, 0.1) is 23.7 Å². The highest BCUT2D eigenvalue weighted by atomic mass is 31.2. The van der Waals surface area contributed by atoms with Gasteiger partial charge in [0, 0.05) is 27.4 Å². The molecule has 0 spiro atoms. The van der Waals surface area contributed by atoms with Crippen molar-refractivity contribution in [2.24, 2.45) is 23.7 Å². The van der Waals surface area contributed by atoms with Crippen molar-refractivity contribution >= 4 is 12.4 Å². The smallest absolute Gasteiger partial charge is 0.164 e. The van der Waals surface area contributed by atoms with Gasteiger partial charge in [0.15, 0.2) is 17.5 Å². The van der Waals surface area contributed by atoms with Crippen molar-refractivity contribution in [3.8, 4) is 67.5 Å². The summed E-state index contributed by atoms with van der Waals surface area (Å²) in [6.45, 7) is 3.68. The van der Waals surface area contributed by atoms with Crippen LogP contribution in [0.15, 0.2) is 182 Å². The minimum atomic E-state index is -2.30. The van der Waals surface area contributed by atoms with Crippen molar-refractivity contribution in [3.63, 3.8) is 0 Å². The van der Waals surface area contributed by atoms with E-state index in [2.05, 4.69) is 158 Å². The van der Waals surface area contributed by atoms with Gasteiger partial charge in [-0.25, -0.2) is 15.0 Å². The predicted molar refractivity (Wildman–Crippen MR) is 256 cm³/mol. The number of benzene rings is 7. The molecule has 0 unspecified atom stereocenters. The zero-order chi connectivity index (χ0) is 41.8. The number of hydrogen-bond acceptors (Lipinski definition) is 4. The van der Waals surface area contributed by atoms with Crippen LogP contribution < -0.4 is 5.30 Å². The van der Waals surface area contributed by atoms with Crippen molar-refractivity contribution in [3.05, 3.63) is 193 Å². The third-order valence-electron chi connectivity index (χ3n) is 14.3. The van der Waals surface area contributed by atoms with Gasteiger partial charge in [0.1, 0.15) is 7.14 Å². The average molecular weight is 824 g/mol. The van der Waals surface area contributed by atoms with Crippen LogP contribution in [-0.2, 0) is 9.98 Å². The van der Waals surface area contributed by atoms with Gasteiger partial charge < -0.3 is 4.57 Å². The quantitative estimate of drug-likeness (QED) is 0.136. The molecule has 0 saturated heterocycles. The molecular weight excluding hydrogens is 774 g/mol. The maximum Gasteiger partial charge on any atom is 0.164 e. The molecule has 4 saturated carbocycles. The Morgan fingerprint density at radius 3 is 1.23 bits per heavy atom. The van der Waals surface area contributed by atoms with Gasteiger partial charge in [-0.15, -0.1) is 0 Å². The first-order valence-corrected chi connectivity index (χ1v) is 24.8. The van der Waals surface area contributed by atoms with Gasteiger partial charge in [-0.2, -0.15) is 0 Å². The van der Waals surface area contributed by atoms with Crippen molar-refractivity contribution in [1.29, 1.82) is 0 Å². The van der Waals surface area contributed by atoms with Crippen molar-refractivity contribution in [2.45, 2.75) is 37.5 Å². The second-order valence-electron chi connectivity index (χ2n) is 18.4. The van der Waals surface area contributed by atoms with Gasteiger partial charge in [0.25, 0.3) is 0 Å². The van der Waals surface area contributed by atoms with E-state index in [1.165, 1.54) is 54.4 Å². The molecule has 62 heavy (non-hydrogen) atoms. The predicted octanol–water partition coefficient (Wildman–Crippen LogP) is 13.9. The Hall–Kier alpha value is -6.22. The molecule has 304 valence electrons. The second-order valence-corrected chi connectivity index (χ2v) is 21.6. The molecule has 7 aromatic carbocycles. The van der Waals surface area contributed by atoms with Gasteiger partial charge in [0.05, 0.1) is 0 Å². The maximum absolute atomic E-state index is 12.7. The summed E-state index contributed by atoms with van der Waals surface area (Å²) < 4.78 is 12.7. The van der Waals surface area contributed by atoms with E-state index >= 15 is 0 Å². The van der Waals surface area contributed by atoms with Gasteiger partial charge in [-0.05, 0) is 120 Å². The zero-order valence-electron chi connectivity index (χ0n) is 35.4. The van der Waals surface area contributed by atoms with Gasteiger partial charge in [-0.3, -0.25) is 0 Å². The monoisotopic (exact) mass is 823 g/mol. The normalized spacial score (nSPS) is 21.5. The molecule has 0 aliphatic heterocycles. The van der Waals surface area contributed by atoms with Crippen LogP contribution in [0.4, 0.5) is 0 Å². The summed E-state index contributed by atoms with van der Waals surface area (Å²) in [4.78, 5) is 15.5. The fourth-order valence-corrected chi connectivity index (χ4v) is 12.4. The van der Waals surface area contributed by atoms with Crippen LogP contribution in [0.1, 0.15) is 43.2 Å². The first-order chi connectivity index (χ1) is 30.3. The van der Waals surface area contributed by atoms with Crippen LogP contribution in [-0.4, -0.2) is 28.3 Å². The first kappa shape index (κ1) is 38.7. The Morgan fingerprint density at radius 2 is 0.742 bits per heavy atom. The van der Waals surface area contributed by atoms with Gasteiger partial charge in [0.2, 0.25) is 0 Å². The van der Waals surface area contributed by atoms with E-state index in [-0.39, 0.29) is 5.41 Å². The molecule has 4 nitrogen and oxygen atoms in total. The molecule has 1 heterocycles. The van der Waals surface area contributed by atoms with E-state index in [0.717, 1.165) is 56.1 Å². The van der Waals surface area contributed by atoms with Crippen LogP contribution in [0.5, 0.6) is 0 Å². The minimum absolute atomic E-state index is 0.0425. The largest absolute Gasteiger partial charge is 0.319 e. The summed E-state index contributed by atoms with van der Waals surface area (Å²) in [7, 11) is -2.30. The van der Waals surface area contributed by atoms with Crippen LogP contribution >= 0.6 is 7.14 Å². The summed E-state index contributed by atoms with van der Waals surface area (Å²) in [6.07, 6.45) is 6.62. The maximum atomic E-state index is 12.7. The first-order valence-electron chi connectivity index (χ1n) is 22.2. The lowest BCUT2D eigenvalue weighted by molar-refractivity contribution is -0.0418. The lowest BCUT2D eigenvalue weighted by Gasteiger charge is -2.62. The molecule has 4 aliphatic carbocycles. The number of hydrogen-bond donors (Lipinski definition) is 0. The fraction of sp³-hybridized carbons (Fsp3) is 0.211. The molecule has 8 aromatic rings. The molecule has 0 radical (unpaired) electrons. The third-order valence-corrected chi connectivity index (χ3v) is 15.9. The summed E-state index contributed by atoms with van der Waals surface area (Å²) in [5, 5.41) is 0.924. The highest BCUT2D eigenvalue weighted by molar-refractivity contribution is 7.70. The van der Waals surface area contributed by atoms with E-state index < -0.39 is 7.14 Å². The van der Waals surface area contributed by atoms with Gasteiger partial charge in [-0.1, -0.05) is 176 Å². The SMILES string of the molecule is CP(C)(=O)c1ccc(-c2ccc(C3(c4ccc(-c5nc(-c6ccc(-c7ccccc7)cc6)nc(-c6cccc(-c7ccccc7)c6)n5)cc4)C4CC5CC(C4)CC3C5)cc2)cc1. The summed E-state index contributed by atoms with van der Waals surface area (Å²) in [5.41, 5.74) is 12.7. The highest BCUT2D eigenvalue weighted by Gasteiger charge is 2.58. The van der Waals surface area contributed by atoms with E-state index in [9.17, 15) is 4.57 Å².